The van der Waals surface area contributed by atoms with Crippen molar-refractivity contribution in [2.24, 2.45) is 5.92 Å². The van der Waals surface area contributed by atoms with Gasteiger partial charge in [-0.05, 0) is 50.5 Å². The van der Waals surface area contributed by atoms with Crippen molar-refractivity contribution in [1.29, 1.82) is 5.26 Å². The lowest BCUT2D eigenvalue weighted by molar-refractivity contribution is -0.139. The van der Waals surface area contributed by atoms with Gasteiger partial charge in [-0.3, -0.25) is 4.79 Å². The molecule has 0 atom stereocenters. The van der Waals surface area contributed by atoms with Gasteiger partial charge in [-0.2, -0.15) is 5.26 Å². The highest BCUT2D eigenvalue weighted by Crippen LogP contribution is 2.35. The Labute approximate surface area is 167 Å². The Bertz CT molecular complexity index is 1080. The highest BCUT2D eigenvalue weighted by atomic mass is 32.1. The van der Waals surface area contributed by atoms with E-state index in [2.05, 4.69) is 34.8 Å². The average Bonchev–Trinajstić information content (AvgIpc) is 3.02. The maximum absolute atomic E-state index is 12.5. The number of ether oxygens (including phenoxy) is 1. The Balaban J connectivity index is 1.45. The van der Waals surface area contributed by atoms with E-state index in [1.807, 2.05) is 0 Å². The molecule has 1 saturated heterocycles. The lowest BCUT2D eigenvalue weighted by Crippen LogP contribution is -2.38. The first-order chi connectivity index (χ1) is 13.6. The topological polar surface area (TPSA) is 79.1 Å². The van der Waals surface area contributed by atoms with E-state index in [0.29, 0.717) is 24.2 Å². The molecule has 4 rings (SSSR count). The molecule has 0 radical (unpaired) electrons. The molecular formula is C21H20N4O2S. The van der Waals surface area contributed by atoms with Gasteiger partial charge in [0, 0.05) is 18.0 Å². The van der Waals surface area contributed by atoms with Crippen molar-refractivity contribution in [3.63, 3.8) is 0 Å². The summed E-state index contributed by atoms with van der Waals surface area (Å²) in [5.74, 6) is 1.00. The van der Waals surface area contributed by atoms with Crippen LogP contribution in [0, 0.1) is 31.1 Å². The number of carbonyl (C=O) groups is 1. The molecule has 28 heavy (non-hydrogen) atoms. The fraction of sp³-hybridized carbons (Fsp3) is 0.333. The van der Waals surface area contributed by atoms with Crippen LogP contribution in [0.3, 0.4) is 0 Å². The van der Waals surface area contributed by atoms with Crippen LogP contribution in [0.15, 0.2) is 30.6 Å². The van der Waals surface area contributed by atoms with E-state index in [0.717, 1.165) is 29.1 Å². The lowest BCUT2D eigenvalue weighted by Gasteiger charge is -2.32. The molecule has 1 aliphatic heterocycles. The molecule has 0 N–H and O–H groups in total. The summed E-state index contributed by atoms with van der Waals surface area (Å²) in [7, 11) is 0. The van der Waals surface area contributed by atoms with Gasteiger partial charge in [0.25, 0.3) is 0 Å². The number of aromatic nitrogens is 2. The quantitative estimate of drug-likeness (QED) is 0.495. The number of benzene rings is 1. The summed E-state index contributed by atoms with van der Waals surface area (Å²) in [4.78, 5) is 26.0. The first kappa shape index (κ1) is 18.4. The van der Waals surface area contributed by atoms with E-state index >= 15 is 0 Å². The van der Waals surface area contributed by atoms with Crippen molar-refractivity contribution >= 4 is 33.3 Å². The number of thiophene rings is 1. The molecule has 1 aromatic carbocycles. The summed E-state index contributed by atoms with van der Waals surface area (Å²) < 4.78 is 5.50. The molecule has 1 aliphatic rings. The molecule has 0 bridgehead atoms. The molecule has 7 heteroatoms. The predicted octanol–water partition coefficient (Wildman–Crippen LogP) is 4.00. The minimum Gasteiger partial charge on any atom is -0.426 e. The number of esters is 1. The number of anilines is 1. The van der Waals surface area contributed by atoms with Crippen molar-refractivity contribution in [3.05, 3.63) is 46.6 Å². The number of hydrogen-bond donors (Lipinski definition) is 0. The van der Waals surface area contributed by atoms with Gasteiger partial charge in [-0.25, -0.2) is 9.97 Å². The van der Waals surface area contributed by atoms with Crippen LogP contribution in [0.25, 0.3) is 10.2 Å². The number of rotatable bonds is 3. The van der Waals surface area contributed by atoms with E-state index in [-0.39, 0.29) is 11.9 Å². The molecule has 1 fully saturated rings. The number of hydrogen-bond acceptors (Lipinski definition) is 7. The fourth-order valence-electron chi connectivity index (χ4n) is 3.56. The van der Waals surface area contributed by atoms with Crippen molar-refractivity contribution < 1.29 is 9.53 Å². The van der Waals surface area contributed by atoms with E-state index < -0.39 is 0 Å². The van der Waals surface area contributed by atoms with Crippen LogP contribution in [0.5, 0.6) is 5.75 Å². The van der Waals surface area contributed by atoms with Crippen molar-refractivity contribution in [2.75, 3.05) is 18.0 Å². The summed E-state index contributed by atoms with van der Waals surface area (Å²) in [6.45, 7) is 5.71. The van der Waals surface area contributed by atoms with Gasteiger partial charge >= 0.3 is 5.97 Å². The molecule has 142 valence electrons. The average molecular weight is 392 g/mol. The molecular weight excluding hydrogens is 372 g/mol. The van der Waals surface area contributed by atoms with Crippen molar-refractivity contribution in [1.82, 2.24) is 9.97 Å². The standard InChI is InChI=1S/C21H20N4O2S/c1-13-14(2)28-20-18(13)19(23-12-24-20)25-8-6-16(7-9-25)21(26)27-17-5-3-4-15(10-17)11-22/h3-5,10,12,16H,6-9H2,1-2H3. The highest BCUT2D eigenvalue weighted by Gasteiger charge is 2.28. The van der Waals surface area contributed by atoms with Gasteiger partial charge in [0.2, 0.25) is 0 Å². The fourth-order valence-corrected chi connectivity index (χ4v) is 4.55. The van der Waals surface area contributed by atoms with E-state index in [4.69, 9.17) is 10.00 Å². The Morgan fingerprint density at radius 2 is 2.07 bits per heavy atom. The van der Waals surface area contributed by atoms with Crippen LogP contribution in [0.2, 0.25) is 0 Å². The molecule has 0 spiro atoms. The Morgan fingerprint density at radius 3 is 2.82 bits per heavy atom. The van der Waals surface area contributed by atoms with E-state index in [1.165, 1.54) is 10.4 Å². The van der Waals surface area contributed by atoms with Crippen molar-refractivity contribution in [3.8, 4) is 11.8 Å². The smallest absolute Gasteiger partial charge is 0.314 e. The van der Waals surface area contributed by atoms with Gasteiger partial charge in [0.05, 0.1) is 22.9 Å². The van der Waals surface area contributed by atoms with Gasteiger partial charge in [-0.15, -0.1) is 11.3 Å². The number of piperidine rings is 1. The normalized spacial score (nSPS) is 14.8. The number of nitrogens with zero attached hydrogens (tertiary/aromatic N) is 4. The third-order valence-electron chi connectivity index (χ3n) is 5.25. The Kier molecular flexibility index (Phi) is 4.97. The summed E-state index contributed by atoms with van der Waals surface area (Å²) in [5, 5.41) is 10.1. The minimum absolute atomic E-state index is 0.148. The SMILES string of the molecule is Cc1sc2ncnc(N3CCC(C(=O)Oc4cccc(C#N)c4)CC3)c2c1C. The molecule has 3 heterocycles. The zero-order valence-electron chi connectivity index (χ0n) is 15.8. The highest BCUT2D eigenvalue weighted by molar-refractivity contribution is 7.18. The minimum atomic E-state index is -0.231. The van der Waals surface area contributed by atoms with Crippen LogP contribution in [0.1, 0.15) is 28.8 Å². The largest absolute Gasteiger partial charge is 0.426 e. The van der Waals surface area contributed by atoms with Gasteiger partial charge in [-0.1, -0.05) is 6.07 Å². The molecule has 0 saturated carbocycles. The van der Waals surface area contributed by atoms with E-state index in [1.54, 1.807) is 41.9 Å². The summed E-state index contributed by atoms with van der Waals surface area (Å²) in [6, 6.07) is 8.75. The zero-order chi connectivity index (χ0) is 19.7. The number of aryl methyl sites for hydroxylation is 2. The maximum atomic E-state index is 12.5. The van der Waals surface area contributed by atoms with Crippen LogP contribution >= 0.6 is 11.3 Å². The molecule has 6 nitrogen and oxygen atoms in total. The number of carbonyl (C=O) groups excluding carboxylic acids is 1. The van der Waals surface area contributed by atoms with Gasteiger partial charge < -0.3 is 9.64 Å². The third-order valence-corrected chi connectivity index (χ3v) is 6.37. The van der Waals surface area contributed by atoms with Crippen molar-refractivity contribution in [2.45, 2.75) is 26.7 Å². The first-order valence-corrected chi connectivity index (χ1v) is 10.1. The van der Waals surface area contributed by atoms with Crippen LogP contribution in [0.4, 0.5) is 5.82 Å². The van der Waals surface area contributed by atoms with Crippen LogP contribution < -0.4 is 9.64 Å². The number of nitriles is 1. The second kappa shape index (κ2) is 7.56. The van der Waals surface area contributed by atoms with Gasteiger partial charge in [0.15, 0.2) is 0 Å². The maximum Gasteiger partial charge on any atom is 0.314 e. The molecule has 3 aromatic rings. The summed E-state index contributed by atoms with van der Waals surface area (Å²) in [5.41, 5.74) is 1.71. The van der Waals surface area contributed by atoms with Crippen LogP contribution in [-0.4, -0.2) is 29.0 Å². The summed E-state index contributed by atoms with van der Waals surface area (Å²) in [6.07, 6.45) is 3.05. The third kappa shape index (κ3) is 3.43. The molecule has 0 aliphatic carbocycles. The Morgan fingerprint density at radius 1 is 1.29 bits per heavy atom. The first-order valence-electron chi connectivity index (χ1n) is 9.24. The summed E-state index contributed by atoms with van der Waals surface area (Å²) >= 11 is 1.69. The lowest BCUT2D eigenvalue weighted by atomic mass is 9.96. The molecule has 0 amide bonds. The monoisotopic (exact) mass is 392 g/mol. The Hall–Kier alpha value is -2.98. The second-order valence-corrected chi connectivity index (χ2v) is 8.19. The molecule has 0 unspecified atom stereocenters. The predicted molar refractivity (Wildman–Crippen MR) is 109 cm³/mol. The zero-order valence-corrected chi connectivity index (χ0v) is 16.6. The van der Waals surface area contributed by atoms with Crippen LogP contribution in [-0.2, 0) is 4.79 Å². The molecule has 2 aromatic heterocycles. The second-order valence-electron chi connectivity index (χ2n) is 6.98. The van der Waals surface area contributed by atoms with Gasteiger partial charge in [0.1, 0.15) is 22.7 Å². The number of fused-ring (bicyclic) bond motifs is 1. The van der Waals surface area contributed by atoms with E-state index in [9.17, 15) is 4.79 Å².